The van der Waals surface area contributed by atoms with E-state index in [0.29, 0.717) is 40.4 Å². The number of carbonyl (C=O) groups excluding carboxylic acids is 2. The molecule has 150 valence electrons. The number of rotatable bonds is 4. The average Bonchev–Trinajstić information content (AvgIpc) is 3.22. The second-order valence-corrected chi connectivity index (χ2v) is 6.99. The van der Waals surface area contributed by atoms with Gasteiger partial charge in [0.05, 0.1) is 12.7 Å². The van der Waals surface area contributed by atoms with Crippen molar-refractivity contribution in [3.63, 3.8) is 0 Å². The zero-order valence-corrected chi connectivity index (χ0v) is 16.7. The third-order valence-corrected chi connectivity index (χ3v) is 4.94. The Balaban J connectivity index is 1.36. The van der Waals surface area contributed by atoms with Crippen LogP contribution in [-0.4, -0.2) is 23.2 Å². The summed E-state index contributed by atoms with van der Waals surface area (Å²) in [5.74, 6) is 0.956. The monoisotopic (exact) mass is 419 g/mol. The fraction of sp³-hybridized carbons (Fsp3) is 0.0455. The molecule has 0 saturated carbocycles. The minimum absolute atomic E-state index is 0.325. The van der Waals surface area contributed by atoms with E-state index in [1.807, 2.05) is 24.3 Å². The van der Waals surface area contributed by atoms with Gasteiger partial charge < -0.3 is 14.5 Å². The SMILES string of the molecule is COc1ccccc1C(=O)SNC(=O)Nc1ccc(-c2nc3ccccc3o2)cc1. The van der Waals surface area contributed by atoms with Crippen molar-refractivity contribution in [2.75, 3.05) is 12.4 Å². The molecule has 30 heavy (non-hydrogen) atoms. The fourth-order valence-electron chi connectivity index (χ4n) is 2.81. The van der Waals surface area contributed by atoms with Gasteiger partial charge in [0.2, 0.25) is 11.0 Å². The number of nitrogens with one attached hydrogen (secondary N) is 2. The predicted molar refractivity (Wildman–Crippen MR) is 117 cm³/mol. The smallest absolute Gasteiger partial charge is 0.329 e. The van der Waals surface area contributed by atoms with Gasteiger partial charge in [0.25, 0.3) is 0 Å². The largest absolute Gasteiger partial charge is 0.496 e. The van der Waals surface area contributed by atoms with Crippen LogP contribution in [0, 0.1) is 0 Å². The number of hydrogen-bond acceptors (Lipinski definition) is 6. The van der Waals surface area contributed by atoms with Gasteiger partial charge in [-0.15, -0.1) is 0 Å². The molecule has 0 atom stereocenters. The zero-order valence-electron chi connectivity index (χ0n) is 15.9. The number of nitrogens with zero attached hydrogens (tertiary/aromatic N) is 1. The maximum absolute atomic E-state index is 12.3. The lowest BCUT2D eigenvalue weighted by Crippen LogP contribution is -2.24. The van der Waals surface area contributed by atoms with Crippen LogP contribution in [0.1, 0.15) is 10.4 Å². The Bertz CT molecular complexity index is 1170. The van der Waals surface area contributed by atoms with Crippen molar-refractivity contribution in [2.45, 2.75) is 0 Å². The van der Waals surface area contributed by atoms with Gasteiger partial charge in [-0.2, -0.15) is 0 Å². The molecule has 0 radical (unpaired) electrons. The molecular weight excluding hydrogens is 402 g/mol. The Kier molecular flexibility index (Phi) is 5.67. The summed E-state index contributed by atoms with van der Waals surface area (Å²) < 4.78 is 13.4. The van der Waals surface area contributed by atoms with Crippen molar-refractivity contribution < 1.29 is 18.7 Å². The first-order valence-electron chi connectivity index (χ1n) is 9.01. The fourth-order valence-corrected chi connectivity index (χ4v) is 3.32. The summed E-state index contributed by atoms with van der Waals surface area (Å²) in [4.78, 5) is 28.8. The summed E-state index contributed by atoms with van der Waals surface area (Å²) in [6, 6.07) is 20.9. The molecule has 0 aliphatic carbocycles. The van der Waals surface area contributed by atoms with Gasteiger partial charge in [-0.1, -0.05) is 24.3 Å². The predicted octanol–water partition coefficient (Wildman–Crippen LogP) is 5.11. The number of oxazole rings is 1. The number of aromatic nitrogens is 1. The first-order chi connectivity index (χ1) is 14.6. The lowest BCUT2D eigenvalue weighted by molar-refractivity contribution is 0.108. The van der Waals surface area contributed by atoms with Gasteiger partial charge in [0.15, 0.2) is 5.58 Å². The number of urea groups is 1. The summed E-state index contributed by atoms with van der Waals surface area (Å²) in [6.07, 6.45) is 0. The van der Waals surface area contributed by atoms with Gasteiger partial charge in [0.1, 0.15) is 11.3 Å². The maximum Gasteiger partial charge on any atom is 0.329 e. The number of hydrogen-bond donors (Lipinski definition) is 2. The molecule has 0 fully saturated rings. The normalized spacial score (nSPS) is 10.6. The van der Waals surface area contributed by atoms with Crippen molar-refractivity contribution in [1.29, 1.82) is 0 Å². The molecule has 0 aliphatic heterocycles. The van der Waals surface area contributed by atoms with E-state index < -0.39 is 6.03 Å². The Morgan fingerprint density at radius 1 is 0.967 bits per heavy atom. The van der Waals surface area contributed by atoms with Crippen LogP contribution in [0.5, 0.6) is 5.75 Å². The minimum Gasteiger partial charge on any atom is -0.496 e. The van der Waals surface area contributed by atoms with Gasteiger partial charge in [-0.3, -0.25) is 9.52 Å². The number of para-hydroxylation sites is 3. The lowest BCUT2D eigenvalue weighted by Gasteiger charge is -2.08. The van der Waals surface area contributed by atoms with Crippen LogP contribution < -0.4 is 14.8 Å². The Hall–Kier alpha value is -3.78. The van der Waals surface area contributed by atoms with Crippen LogP contribution in [0.3, 0.4) is 0 Å². The van der Waals surface area contributed by atoms with Crippen LogP contribution in [0.2, 0.25) is 0 Å². The molecule has 4 rings (SSSR count). The van der Waals surface area contributed by atoms with Crippen molar-refractivity contribution in [1.82, 2.24) is 9.71 Å². The molecule has 1 aromatic heterocycles. The van der Waals surface area contributed by atoms with Crippen LogP contribution in [0.15, 0.2) is 77.2 Å². The van der Waals surface area contributed by atoms with E-state index in [4.69, 9.17) is 9.15 Å². The van der Waals surface area contributed by atoms with E-state index in [-0.39, 0.29) is 5.12 Å². The summed E-state index contributed by atoms with van der Waals surface area (Å²) in [5.41, 5.74) is 3.24. The number of anilines is 1. The summed E-state index contributed by atoms with van der Waals surface area (Å²) in [5, 5.41) is 2.35. The van der Waals surface area contributed by atoms with E-state index in [9.17, 15) is 9.59 Å². The van der Waals surface area contributed by atoms with Gasteiger partial charge >= 0.3 is 6.03 Å². The average molecular weight is 419 g/mol. The van der Waals surface area contributed by atoms with Crippen molar-refractivity contribution >= 4 is 39.9 Å². The summed E-state index contributed by atoms with van der Waals surface area (Å²) in [6.45, 7) is 0. The quantitative estimate of drug-likeness (QED) is 0.446. The standard InChI is InChI=1S/C22H17N3O4S/c1-28-18-8-4-2-6-16(18)21(26)30-25-22(27)23-15-12-10-14(11-13-15)20-24-17-7-3-5-9-19(17)29-20/h2-13H,1H3,(H2,23,25,27). The maximum atomic E-state index is 12.3. The third-order valence-electron chi connectivity index (χ3n) is 4.25. The summed E-state index contributed by atoms with van der Waals surface area (Å²) >= 11 is 0.683. The Morgan fingerprint density at radius 2 is 1.70 bits per heavy atom. The van der Waals surface area contributed by atoms with E-state index in [2.05, 4.69) is 15.0 Å². The molecule has 2 amide bonds. The van der Waals surface area contributed by atoms with Crippen molar-refractivity contribution in [2.24, 2.45) is 0 Å². The molecule has 4 aromatic rings. The van der Waals surface area contributed by atoms with Gasteiger partial charge in [0, 0.05) is 23.2 Å². The number of amides is 2. The third kappa shape index (κ3) is 4.28. The molecule has 0 spiro atoms. The first-order valence-corrected chi connectivity index (χ1v) is 9.83. The summed E-state index contributed by atoms with van der Waals surface area (Å²) in [7, 11) is 1.49. The molecule has 0 unspecified atom stereocenters. The van der Waals surface area contributed by atoms with Crippen LogP contribution in [0.25, 0.3) is 22.6 Å². The molecular formula is C22H17N3O4S. The number of ether oxygens (including phenoxy) is 1. The highest BCUT2D eigenvalue weighted by atomic mass is 32.2. The van der Waals surface area contributed by atoms with Crippen LogP contribution in [-0.2, 0) is 0 Å². The van der Waals surface area contributed by atoms with E-state index in [1.54, 1.807) is 48.5 Å². The highest BCUT2D eigenvalue weighted by molar-refractivity contribution is 8.12. The molecule has 2 N–H and O–H groups in total. The van der Waals surface area contributed by atoms with E-state index in [0.717, 1.165) is 11.1 Å². The number of methoxy groups -OCH3 is 1. The van der Waals surface area contributed by atoms with Crippen molar-refractivity contribution in [3.8, 4) is 17.2 Å². The number of fused-ring (bicyclic) bond motifs is 1. The van der Waals surface area contributed by atoms with Gasteiger partial charge in [-0.05, 0) is 48.5 Å². The number of carbonyl (C=O) groups is 2. The molecule has 1 heterocycles. The number of benzene rings is 3. The highest BCUT2D eigenvalue weighted by Crippen LogP contribution is 2.25. The van der Waals surface area contributed by atoms with Crippen molar-refractivity contribution in [3.05, 3.63) is 78.4 Å². The van der Waals surface area contributed by atoms with E-state index in [1.165, 1.54) is 7.11 Å². The molecule has 7 nitrogen and oxygen atoms in total. The molecule has 0 bridgehead atoms. The second-order valence-electron chi connectivity index (χ2n) is 6.21. The second kappa shape index (κ2) is 8.71. The topological polar surface area (TPSA) is 93.5 Å². The molecule has 0 saturated heterocycles. The first kappa shape index (κ1) is 19.5. The zero-order chi connectivity index (χ0) is 20.9. The van der Waals surface area contributed by atoms with Crippen LogP contribution >= 0.6 is 11.9 Å². The Morgan fingerprint density at radius 3 is 2.47 bits per heavy atom. The minimum atomic E-state index is -0.516. The Labute approximate surface area is 176 Å². The van der Waals surface area contributed by atoms with Gasteiger partial charge in [-0.25, -0.2) is 9.78 Å². The lowest BCUT2D eigenvalue weighted by atomic mass is 10.2. The molecule has 3 aromatic carbocycles. The van der Waals surface area contributed by atoms with Crippen LogP contribution in [0.4, 0.5) is 10.5 Å². The van der Waals surface area contributed by atoms with E-state index >= 15 is 0 Å². The molecule has 0 aliphatic rings. The molecule has 8 heteroatoms. The highest BCUT2D eigenvalue weighted by Gasteiger charge is 2.14.